The van der Waals surface area contributed by atoms with Crippen molar-refractivity contribution < 1.29 is 13.9 Å². The van der Waals surface area contributed by atoms with Crippen LogP contribution in [0.1, 0.15) is 38.1 Å². The number of nitrogens with one attached hydrogen (secondary N) is 1. The Morgan fingerprint density at radius 1 is 1.10 bits per heavy atom. The molecule has 2 aromatic carbocycles. The summed E-state index contributed by atoms with van der Waals surface area (Å²) in [6.07, 6.45) is 1.74. The highest BCUT2D eigenvalue weighted by molar-refractivity contribution is 7.07. The molecular weight excluding hydrogens is 512 g/mol. The second kappa shape index (κ2) is 11.2. The zero-order valence-corrected chi connectivity index (χ0v) is 23.1. The van der Waals surface area contributed by atoms with Crippen molar-refractivity contribution in [3.63, 3.8) is 0 Å². The molecule has 1 aliphatic rings. The van der Waals surface area contributed by atoms with Crippen LogP contribution in [0.25, 0.3) is 6.08 Å². The molecule has 0 fully saturated rings. The Balaban J connectivity index is 1.62. The molecule has 1 amide bonds. The van der Waals surface area contributed by atoms with Gasteiger partial charge in [-0.15, -0.1) is 0 Å². The molecule has 1 N–H and O–H groups in total. The summed E-state index contributed by atoms with van der Waals surface area (Å²) in [7, 11) is 1.60. The van der Waals surface area contributed by atoms with Crippen LogP contribution in [0.15, 0.2) is 92.2 Å². The average Bonchev–Trinajstić information content (AvgIpc) is 3.53. The van der Waals surface area contributed by atoms with Crippen molar-refractivity contribution in [2.24, 2.45) is 4.99 Å². The number of thiazole rings is 1. The smallest absolute Gasteiger partial charge is 0.271 e. The SMILES string of the molecule is CCN(CC)c1ccc(/C=c2/sc3n(c2=O)[C@H](c2ccc(OC)cc2)C(C(=O)Nc2ccccc2)=C(C)N=3)o1. The van der Waals surface area contributed by atoms with Crippen molar-refractivity contribution in [1.82, 2.24) is 4.57 Å². The summed E-state index contributed by atoms with van der Waals surface area (Å²) in [4.78, 5) is 34.8. The molecular formula is C30H30N4O4S. The lowest BCUT2D eigenvalue weighted by Crippen LogP contribution is -2.40. The van der Waals surface area contributed by atoms with Gasteiger partial charge in [0, 0.05) is 30.9 Å². The summed E-state index contributed by atoms with van der Waals surface area (Å²) in [5, 5.41) is 2.96. The highest BCUT2D eigenvalue weighted by Gasteiger charge is 2.32. The van der Waals surface area contributed by atoms with Crippen LogP contribution in [0.5, 0.6) is 5.75 Å². The number of amides is 1. The number of carbonyl (C=O) groups excluding carboxylic acids is 1. The first kappa shape index (κ1) is 26.2. The summed E-state index contributed by atoms with van der Waals surface area (Å²) < 4.78 is 13.4. The van der Waals surface area contributed by atoms with E-state index < -0.39 is 6.04 Å². The number of nitrogens with zero attached hydrogens (tertiary/aromatic N) is 3. The number of para-hydroxylation sites is 1. The van der Waals surface area contributed by atoms with E-state index >= 15 is 0 Å². The van der Waals surface area contributed by atoms with E-state index in [1.54, 1.807) is 24.7 Å². The molecule has 0 saturated heterocycles. The van der Waals surface area contributed by atoms with E-state index in [0.29, 0.717) is 37.8 Å². The number of benzene rings is 2. The van der Waals surface area contributed by atoms with Gasteiger partial charge in [0.2, 0.25) is 0 Å². The first-order valence-corrected chi connectivity index (χ1v) is 13.6. The van der Waals surface area contributed by atoms with E-state index in [9.17, 15) is 9.59 Å². The summed E-state index contributed by atoms with van der Waals surface area (Å²) in [5.74, 6) is 1.71. The van der Waals surface area contributed by atoms with Gasteiger partial charge in [-0.1, -0.05) is 41.7 Å². The number of methoxy groups -OCH3 is 1. The van der Waals surface area contributed by atoms with Crippen molar-refractivity contribution in [3.8, 4) is 5.75 Å². The van der Waals surface area contributed by atoms with E-state index in [0.717, 1.165) is 24.5 Å². The number of fused-ring (bicyclic) bond motifs is 1. The van der Waals surface area contributed by atoms with Crippen LogP contribution < -0.4 is 29.8 Å². The van der Waals surface area contributed by atoms with Crippen molar-refractivity contribution in [2.75, 3.05) is 30.4 Å². The molecule has 0 radical (unpaired) electrons. The zero-order chi connectivity index (χ0) is 27.5. The number of aromatic nitrogens is 1. The molecule has 1 atom stereocenters. The van der Waals surface area contributed by atoms with Crippen LogP contribution in [-0.2, 0) is 4.79 Å². The Bertz CT molecular complexity index is 1690. The normalized spacial score (nSPS) is 15.1. The number of hydrogen-bond donors (Lipinski definition) is 1. The third-order valence-electron chi connectivity index (χ3n) is 6.69. The van der Waals surface area contributed by atoms with Crippen LogP contribution in [-0.4, -0.2) is 30.7 Å². The number of allylic oxidation sites excluding steroid dienone is 1. The minimum Gasteiger partial charge on any atom is -0.497 e. The molecule has 39 heavy (non-hydrogen) atoms. The number of anilines is 2. The lowest BCUT2D eigenvalue weighted by atomic mass is 9.95. The van der Waals surface area contributed by atoms with Crippen molar-refractivity contribution in [2.45, 2.75) is 26.8 Å². The fourth-order valence-corrected chi connectivity index (χ4v) is 5.71. The summed E-state index contributed by atoms with van der Waals surface area (Å²) in [6, 6.07) is 19.7. The summed E-state index contributed by atoms with van der Waals surface area (Å²) in [6.45, 7) is 7.57. The van der Waals surface area contributed by atoms with Gasteiger partial charge in [0.05, 0.1) is 29.0 Å². The topological polar surface area (TPSA) is 89.1 Å². The molecule has 3 heterocycles. The van der Waals surface area contributed by atoms with Gasteiger partial charge in [-0.2, -0.15) is 0 Å². The van der Waals surface area contributed by atoms with Gasteiger partial charge in [-0.3, -0.25) is 14.2 Å². The van der Waals surface area contributed by atoms with E-state index in [-0.39, 0.29) is 11.5 Å². The van der Waals surface area contributed by atoms with Crippen LogP contribution in [0.3, 0.4) is 0 Å². The van der Waals surface area contributed by atoms with Gasteiger partial charge in [0.1, 0.15) is 11.5 Å². The molecule has 9 heteroatoms. The molecule has 0 saturated carbocycles. The van der Waals surface area contributed by atoms with E-state index in [1.807, 2.05) is 66.7 Å². The second-order valence-electron chi connectivity index (χ2n) is 9.02. The molecule has 200 valence electrons. The Morgan fingerprint density at radius 2 is 1.82 bits per heavy atom. The van der Waals surface area contributed by atoms with Gasteiger partial charge in [0.15, 0.2) is 10.7 Å². The molecule has 5 rings (SSSR count). The quantitative estimate of drug-likeness (QED) is 0.358. The fraction of sp³-hybridized carbons (Fsp3) is 0.233. The zero-order valence-electron chi connectivity index (χ0n) is 22.3. The van der Waals surface area contributed by atoms with Crippen molar-refractivity contribution >= 4 is 34.9 Å². The molecule has 0 spiro atoms. The van der Waals surface area contributed by atoms with E-state index in [4.69, 9.17) is 14.1 Å². The largest absolute Gasteiger partial charge is 0.497 e. The van der Waals surface area contributed by atoms with Crippen molar-refractivity contribution in [3.05, 3.63) is 109 Å². The predicted molar refractivity (Wildman–Crippen MR) is 154 cm³/mol. The van der Waals surface area contributed by atoms with Crippen LogP contribution >= 0.6 is 11.3 Å². The third-order valence-corrected chi connectivity index (χ3v) is 7.67. The predicted octanol–water partition coefficient (Wildman–Crippen LogP) is 4.32. The average molecular weight is 543 g/mol. The Labute approximate surface area is 230 Å². The van der Waals surface area contributed by atoms with Crippen LogP contribution in [0.4, 0.5) is 11.6 Å². The maximum Gasteiger partial charge on any atom is 0.271 e. The number of ether oxygens (including phenoxy) is 1. The molecule has 1 aliphatic heterocycles. The Kier molecular flexibility index (Phi) is 7.51. The lowest BCUT2D eigenvalue weighted by Gasteiger charge is -2.25. The highest BCUT2D eigenvalue weighted by Crippen LogP contribution is 2.31. The molecule has 4 aromatic rings. The lowest BCUT2D eigenvalue weighted by molar-refractivity contribution is -0.113. The second-order valence-corrected chi connectivity index (χ2v) is 10.0. The standard InChI is InChI=1S/C30H30N4O4S/c1-5-33(6-2)25-17-16-23(38-25)18-24-29(36)34-27(20-12-14-22(37-4)15-13-20)26(19(3)31-30(34)39-24)28(35)32-21-10-8-7-9-11-21/h7-18,27H,5-6H2,1-4H3,(H,32,35)/b24-18+/t27-/m1/s1. The molecule has 8 nitrogen and oxygen atoms in total. The molecule has 0 unspecified atom stereocenters. The maximum absolute atomic E-state index is 13.9. The maximum atomic E-state index is 13.9. The van der Waals surface area contributed by atoms with Gasteiger partial charge in [-0.25, -0.2) is 4.99 Å². The monoisotopic (exact) mass is 542 g/mol. The highest BCUT2D eigenvalue weighted by atomic mass is 32.1. The number of rotatable bonds is 8. The minimum absolute atomic E-state index is 0.238. The van der Waals surface area contributed by atoms with Crippen LogP contribution in [0.2, 0.25) is 0 Å². The van der Waals surface area contributed by atoms with E-state index in [1.165, 1.54) is 11.3 Å². The fourth-order valence-electron chi connectivity index (χ4n) is 4.69. The van der Waals surface area contributed by atoms with Gasteiger partial charge >= 0.3 is 0 Å². The molecule has 0 bridgehead atoms. The number of hydrogen-bond acceptors (Lipinski definition) is 7. The van der Waals surface area contributed by atoms with Gasteiger partial charge < -0.3 is 19.4 Å². The Morgan fingerprint density at radius 3 is 2.49 bits per heavy atom. The van der Waals surface area contributed by atoms with Crippen molar-refractivity contribution in [1.29, 1.82) is 0 Å². The number of furan rings is 1. The molecule has 0 aliphatic carbocycles. The third kappa shape index (κ3) is 5.18. The minimum atomic E-state index is -0.666. The first-order chi connectivity index (χ1) is 18.9. The Hall–Kier alpha value is -4.37. The first-order valence-electron chi connectivity index (χ1n) is 12.8. The molecule has 2 aromatic heterocycles. The van der Waals surface area contributed by atoms with E-state index in [2.05, 4.69) is 24.1 Å². The van der Waals surface area contributed by atoms with Gasteiger partial charge in [-0.05, 0) is 56.7 Å². The van der Waals surface area contributed by atoms with Gasteiger partial charge in [0.25, 0.3) is 11.5 Å². The number of carbonyl (C=O) groups is 1. The summed E-state index contributed by atoms with van der Waals surface area (Å²) >= 11 is 1.28. The van der Waals surface area contributed by atoms with Crippen LogP contribution in [0, 0.1) is 0 Å². The summed E-state index contributed by atoms with van der Waals surface area (Å²) in [5.41, 5.74) is 2.16.